The van der Waals surface area contributed by atoms with Crippen LogP contribution >= 0.6 is 0 Å². The van der Waals surface area contributed by atoms with Gasteiger partial charge in [-0.15, -0.1) is 0 Å². The largest absolute Gasteiger partial charge is 0.339 e. The van der Waals surface area contributed by atoms with Gasteiger partial charge in [0, 0.05) is 18.6 Å². The second-order valence-electron chi connectivity index (χ2n) is 5.32. The Kier molecular flexibility index (Phi) is 3.96. The van der Waals surface area contributed by atoms with Gasteiger partial charge in [-0.25, -0.2) is 8.42 Å². The zero-order chi connectivity index (χ0) is 13.3. The third-order valence-corrected chi connectivity index (χ3v) is 5.87. The highest BCUT2D eigenvalue weighted by atomic mass is 32.2. The lowest BCUT2D eigenvalue weighted by atomic mass is 9.99. The molecular weight excluding hydrogens is 252 g/mol. The predicted molar refractivity (Wildman–Crippen MR) is 70.0 cm³/mol. The molecule has 18 heavy (non-hydrogen) atoms. The maximum absolute atomic E-state index is 12.5. The monoisotopic (exact) mass is 274 g/mol. The molecule has 0 aromatic rings. The zero-order valence-electron chi connectivity index (χ0n) is 11.1. The van der Waals surface area contributed by atoms with Gasteiger partial charge in [0.1, 0.15) is 0 Å². The number of carbonyl (C=O) groups excluding carboxylic acids is 1. The van der Waals surface area contributed by atoms with Crippen LogP contribution in [-0.4, -0.2) is 55.9 Å². The molecule has 2 aliphatic rings. The lowest BCUT2D eigenvalue weighted by molar-refractivity contribution is -0.137. The van der Waals surface area contributed by atoms with Crippen LogP contribution in [-0.2, 0) is 14.6 Å². The van der Waals surface area contributed by atoms with Gasteiger partial charge in [-0.3, -0.25) is 4.79 Å². The minimum atomic E-state index is -2.93. The van der Waals surface area contributed by atoms with Crippen LogP contribution in [0.5, 0.6) is 0 Å². The second kappa shape index (κ2) is 5.17. The van der Waals surface area contributed by atoms with Crippen molar-refractivity contribution in [3.05, 3.63) is 0 Å². The molecule has 2 rings (SSSR count). The van der Waals surface area contributed by atoms with Crippen LogP contribution in [0, 0.1) is 5.92 Å². The van der Waals surface area contributed by atoms with E-state index in [0.717, 1.165) is 13.0 Å². The summed E-state index contributed by atoms with van der Waals surface area (Å²) in [5.41, 5.74) is 0. The Balaban J connectivity index is 2.07. The molecule has 2 aliphatic heterocycles. The topological polar surface area (TPSA) is 66.5 Å². The lowest BCUT2D eigenvalue weighted by Gasteiger charge is -2.30. The number of nitrogens with one attached hydrogen (secondary N) is 1. The first-order chi connectivity index (χ1) is 8.44. The van der Waals surface area contributed by atoms with Crippen molar-refractivity contribution in [3.8, 4) is 0 Å². The normalized spacial score (nSPS) is 34.7. The van der Waals surface area contributed by atoms with Gasteiger partial charge in [0.25, 0.3) is 0 Å². The molecule has 0 bridgehead atoms. The fourth-order valence-electron chi connectivity index (χ4n) is 3.02. The SMILES string of the molecule is CCN(C(=O)C1CCNC1C)C1CCS(=O)(=O)C1. The maximum atomic E-state index is 12.5. The van der Waals surface area contributed by atoms with Crippen molar-refractivity contribution in [2.24, 2.45) is 5.92 Å². The quantitative estimate of drug-likeness (QED) is 0.788. The first-order valence-corrected chi connectivity index (χ1v) is 8.51. The van der Waals surface area contributed by atoms with Crippen molar-refractivity contribution in [2.45, 2.75) is 38.8 Å². The van der Waals surface area contributed by atoms with Gasteiger partial charge in [-0.1, -0.05) is 0 Å². The molecule has 1 amide bonds. The number of nitrogens with zero attached hydrogens (tertiary/aromatic N) is 1. The summed E-state index contributed by atoms with van der Waals surface area (Å²) in [6, 6.07) is 0.0878. The number of amides is 1. The summed E-state index contributed by atoms with van der Waals surface area (Å²) in [5, 5.41) is 3.27. The number of rotatable bonds is 3. The van der Waals surface area contributed by atoms with Gasteiger partial charge in [-0.05, 0) is 33.2 Å². The maximum Gasteiger partial charge on any atom is 0.227 e. The Hall–Kier alpha value is -0.620. The lowest BCUT2D eigenvalue weighted by Crippen LogP contribution is -2.46. The third kappa shape index (κ3) is 2.69. The zero-order valence-corrected chi connectivity index (χ0v) is 11.9. The Bertz CT molecular complexity index is 421. The van der Waals surface area contributed by atoms with Crippen LogP contribution in [0.25, 0.3) is 0 Å². The first kappa shape index (κ1) is 13.8. The summed E-state index contributed by atoms with van der Waals surface area (Å²) in [5.74, 6) is 0.492. The van der Waals surface area contributed by atoms with Gasteiger partial charge in [0.05, 0.1) is 17.4 Å². The summed E-state index contributed by atoms with van der Waals surface area (Å²) < 4.78 is 23.0. The molecule has 0 aromatic heterocycles. The molecule has 0 aliphatic carbocycles. The number of carbonyl (C=O) groups is 1. The fourth-order valence-corrected chi connectivity index (χ4v) is 4.75. The highest BCUT2D eigenvalue weighted by Crippen LogP contribution is 2.23. The molecule has 2 saturated heterocycles. The average molecular weight is 274 g/mol. The van der Waals surface area contributed by atoms with E-state index in [1.807, 2.05) is 13.8 Å². The molecule has 3 atom stereocenters. The Labute approximate surface area is 109 Å². The Morgan fingerprint density at radius 1 is 1.39 bits per heavy atom. The van der Waals surface area contributed by atoms with E-state index < -0.39 is 9.84 Å². The molecule has 1 N–H and O–H groups in total. The smallest absolute Gasteiger partial charge is 0.227 e. The fraction of sp³-hybridized carbons (Fsp3) is 0.917. The molecule has 3 unspecified atom stereocenters. The Morgan fingerprint density at radius 3 is 2.56 bits per heavy atom. The molecule has 0 saturated carbocycles. The highest BCUT2D eigenvalue weighted by molar-refractivity contribution is 7.91. The van der Waals surface area contributed by atoms with Crippen LogP contribution < -0.4 is 5.32 Å². The van der Waals surface area contributed by atoms with Crippen molar-refractivity contribution < 1.29 is 13.2 Å². The van der Waals surface area contributed by atoms with Crippen LogP contribution in [0.4, 0.5) is 0 Å². The van der Waals surface area contributed by atoms with Gasteiger partial charge in [-0.2, -0.15) is 0 Å². The summed E-state index contributed by atoms with van der Waals surface area (Å²) in [4.78, 5) is 14.3. The van der Waals surface area contributed by atoms with Crippen molar-refractivity contribution in [1.82, 2.24) is 10.2 Å². The van der Waals surface area contributed by atoms with E-state index in [1.165, 1.54) is 0 Å². The first-order valence-electron chi connectivity index (χ1n) is 6.69. The van der Waals surface area contributed by atoms with Crippen molar-refractivity contribution >= 4 is 15.7 Å². The van der Waals surface area contributed by atoms with Crippen molar-refractivity contribution in [3.63, 3.8) is 0 Å². The molecule has 0 aromatic carbocycles. The molecule has 0 spiro atoms. The van der Waals surface area contributed by atoms with Crippen LogP contribution in [0.15, 0.2) is 0 Å². The molecule has 2 fully saturated rings. The van der Waals surface area contributed by atoms with Crippen molar-refractivity contribution in [1.29, 1.82) is 0 Å². The van der Waals surface area contributed by atoms with Crippen LogP contribution in [0.2, 0.25) is 0 Å². The van der Waals surface area contributed by atoms with Crippen molar-refractivity contribution in [2.75, 3.05) is 24.6 Å². The number of hydrogen-bond donors (Lipinski definition) is 1. The second-order valence-corrected chi connectivity index (χ2v) is 7.55. The number of sulfone groups is 1. The van der Waals surface area contributed by atoms with E-state index in [2.05, 4.69) is 5.32 Å². The summed E-state index contributed by atoms with van der Waals surface area (Å²) in [6.07, 6.45) is 1.45. The van der Waals surface area contributed by atoms with E-state index in [0.29, 0.717) is 13.0 Å². The standard InChI is InChI=1S/C12H22N2O3S/c1-3-14(10-5-7-18(16,17)8-10)12(15)11-4-6-13-9(11)2/h9-11,13H,3-8H2,1-2H3. The third-order valence-electron chi connectivity index (χ3n) is 4.12. The summed E-state index contributed by atoms with van der Waals surface area (Å²) in [7, 11) is -2.93. The molecule has 6 heteroatoms. The van der Waals surface area contributed by atoms with Gasteiger partial charge in [0.15, 0.2) is 9.84 Å². The molecule has 5 nitrogen and oxygen atoms in total. The van der Waals surface area contributed by atoms with Gasteiger partial charge in [0.2, 0.25) is 5.91 Å². The van der Waals surface area contributed by atoms with E-state index >= 15 is 0 Å². The molecule has 2 heterocycles. The minimum Gasteiger partial charge on any atom is -0.339 e. The molecular formula is C12H22N2O3S. The summed E-state index contributed by atoms with van der Waals surface area (Å²) in [6.45, 7) is 5.42. The van der Waals surface area contributed by atoms with E-state index in [-0.39, 0.29) is 35.4 Å². The van der Waals surface area contributed by atoms with E-state index in [4.69, 9.17) is 0 Å². The highest BCUT2D eigenvalue weighted by Gasteiger charge is 2.38. The average Bonchev–Trinajstić information content (AvgIpc) is 2.86. The predicted octanol–water partition coefficient (Wildman–Crippen LogP) is 0.0200. The van der Waals surface area contributed by atoms with Crippen LogP contribution in [0.1, 0.15) is 26.7 Å². The minimum absolute atomic E-state index is 0.00764. The van der Waals surface area contributed by atoms with E-state index in [9.17, 15) is 13.2 Å². The summed E-state index contributed by atoms with van der Waals surface area (Å²) >= 11 is 0. The van der Waals surface area contributed by atoms with E-state index in [1.54, 1.807) is 4.90 Å². The number of hydrogen-bond acceptors (Lipinski definition) is 4. The van der Waals surface area contributed by atoms with Gasteiger partial charge < -0.3 is 10.2 Å². The van der Waals surface area contributed by atoms with Gasteiger partial charge >= 0.3 is 0 Å². The molecule has 0 radical (unpaired) electrons. The Morgan fingerprint density at radius 2 is 2.11 bits per heavy atom. The van der Waals surface area contributed by atoms with Crippen LogP contribution in [0.3, 0.4) is 0 Å². The molecule has 104 valence electrons.